The van der Waals surface area contributed by atoms with Crippen LogP contribution in [0.5, 0.6) is 5.88 Å². The van der Waals surface area contributed by atoms with Crippen molar-refractivity contribution in [1.82, 2.24) is 29.7 Å². The fourth-order valence-corrected chi connectivity index (χ4v) is 3.75. The number of amides is 1. The second-order valence-corrected chi connectivity index (χ2v) is 9.58. The van der Waals surface area contributed by atoms with E-state index >= 15 is 0 Å². The third-order valence-corrected chi connectivity index (χ3v) is 6.26. The number of sulfonamides is 1. The summed E-state index contributed by atoms with van der Waals surface area (Å²) >= 11 is 6.05. The number of hydrogen-bond donors (Lipinski definition) is 2. The Morgan fingerprint density at radius 3 is 2.55 bits per heavy atom. The first-order valence-electron chi connectivity index (χ1n) is 9.20. The molecule has 0 saturated heterocycles. The first-order chi connectivity index (χ1) is 15.2. The summed E-state index contributed by atoms with van der Waals surface area (Å²) in [5.74, 6) is -0.970. The fourth-order valence-electron chi connectivity index (χ4n) is 2.41. The Hall–Kier alpha value is -3.13. The standard InChI is InChI=1S/C18H18ClF3N6O4S/c1-10-12(8-23-25-10)33(30,31)27-16(29)11-4-5-13(24-15(11)19)28-7-6-14(26-28)32-9-17(2,3)18(20,21)22/h4-8H,9H2,1-3H3,(H,23,25)(H,27,29). The molecule has 2 N–H and O–H groups in total. The first kappa shape index (κ1) is 24.5. The van der Waals surface area contributed by atoms with E-state index in [2.05, 4.69) is 20.3 Å². The second kappa shape index (κ2) is 8.67. The monoisotopic (exact) mass is 506 g/mol. The number of carbonyl (C=O) groups is 1. The first-order valence-corrected chi connectivity index (χ1v) is 11.1. The summed E-state index contributed by atoms with van der Waals surface area (Å²) in [5, 5.41) is 9.72. The van der Waals surface area contributed by atoms with Crippen molar-refractivity contribution >= 4 is 27.5 Å². The van der Waals surface area contributed by atoms with Crippen LogP contribution in [0.1, 0.15) is 29.9 Å². The minimum absolute atomic E-state index is 0.0753. The highest BCUT2D eigenvalue weighted by molar-refractivity contribution is 7.90. The van der Waals surface area contributed by atoms with E-state index in [4.69, 9.17) is 16.3 Å². The lowest BCUT2D eigenvalue weighted by Gasteiger charge is -2.26. The van der Waals surface area contributed by atoms with Gasteiger partial charge in [-0.3, -0.25) is 9.89 Å². The quantitative estimate of drug-likeness (QED) is 0.471. The van der Waals surface area contributed by atoms with Crippen LogP contribution >= 0.6 is 11.6 Å². The van der Waals surface area contributed by atoms with Crippen molar-refractivity contribution in [3.63, 3.8) is 0 Å². The van der Waals surface area contributed by atoms with Gasteiger partial charge in [-0.1, -0.05) is 11.6 Å². The van der Waals surface area contributed by atoms with E-state index in [1.807, 2.05) is 4.72 Å². The van der Waals surface area contributed by atoms with Gasteiger partial charge in [-0.2, -0.15) is 18.3 Å². The van der Waals surface area contributed by atoms with Crippen LogP contribution in [-0.2, 0) is 10.0 Å². The number of aromatic nitrogens is 5. The molecule has 10 nitrogen and oxygen atoms in total. The number of aromatic amines is 1. The summed E-state index contributed by atoms with van der Waals surface area (Å²) in [7, 11) is -4.19. The van der Waals surface area contributed by atoms with Gasteiger partial charge < -0.3 is 4.74 Å². The van der Waals surface area contributed by atoms with Crippen LogP contribution in [0.3, 0.4) is 0 Å². The number of halogens is 4. The third kappa shape index (κ3) is 5.27. The molecule has 3 aromatic rings. The van der Waals surface area contributed by atoms with Crippen LogP contribution in [0.4, 0.5) is 13.2 Å². The summed E-state index contributed by atoms with van der Waals surface area (Å²) < 4.78 is 71.7. The molecule has 0 aliphatic heterocycles. The minimum atomic E-state index is -4.45. The van der Waals surface area contributed by atoms with Crippen LogP contribution < -0.4 is 9.46 Å². The number of aryl methyl sites for hydroxylation is 1. The van der Waals surface area contributed by atoms with E-state index in [0.29, 0.717) is 0 Å². The number of alkyl halides is 3. The van der Waals surface area contributed by atoms with Gasteiger partial charge in [0.25, 0.3) is 15.9 Å². The molecule has 3 heterocycles. The topological polar surface area (TPSA) is 132 Å². The molecule has 0 radical (unpaired) electrons. The summed E-state index contributed by atoms with van der Waals surface area (Å²) in [6, 6.07) is 3.89. The Bertz CT molecular complexity index is 1290. The van der Waals surface area contributed by atoms with Gasteiger partial charge in [-0.05, 0) is 32.9 Å². The Morgan fingerprint density at radius 2 is 1.97 bits per heavy atom. The number of rotatable bonds is 7. The molecule has 3 aromatic heterocycles. The number of pyridine rings is 1. The number of nitrogens with zero attached hydrogens (tertiary/aromatic N) is 4. The molecule has 0 aromatic carbocycles. The van der Waals surface area contributed by atoms with Gasteiger partial charge in [0, 0.05) is 12.3 Å². The van der Waals surface area contributed by atoms with Gasteiger partial charge in [0.2, 0.25) is 5.88 Å². The van der Waals surface area contributed by atoms with Crippen LogP contribution in [0.2, 0.25) is 5.15 Å². The lowest BCUT2D eigenvalue weighted by Crippen LogP contribution is -2.37. The molecular weight excluding hydrogens is 489 g/mol. The predicted octanol–water partition coefficient (Wildman–Crippen LogP) is 3.04. The molecule has 0 unspecified atom stereocenters. The van der Waals surface area contributed by atoms with Gasteiger partial charge in [-0.25, -0.2) is 22.8 Å². The van der Waals surface area contributed by atoms with E-state index in [9.17, 15) is 26.4 Å². The number of H-pyrrole nitrogens is 1. The molecule has 15 heteroatoms. The van der Waals surface area contributed by atoms with E-state index < -0.39 is 34.1 Å². The van der Waals surface area contributed by atoms with E-state index in [-0.39, 0.29) is 33.0 Å². The normalized spacial score (nSPS) is 12.6. The van der Waals surface area contributed by atoms with Crippen LogP contribution in [0.25, 0.3) is 5.82 Å². The Morgan fingerprint density at radius 1 is 1.27 bits per heavy atom. The molecule has 0 spiro atoms. The molecule has 1 amide bonds. The molecule has 0 atom stereocenters. The SMILES string of the molecule is Cc1[nH]ncc1S(=O)(=O)NC(=O)c1ccc(-n2ccc(OCC(C)(C)C(F)(F)F)n2)nc1Cl. The molecular formula is C18H18ClF3N6O4S. The molecule has 0 aliphatic carbocycles. The molecule has 0 saturated carbocycles. The van der Waals surface area contributed by atoms with Crippen LogP contribution in [0, 0.1) is 12.3 Å². The maximum Gasteiger partial charge on any atom is 0.397 e. The molecule has 33 heavy (non-hydrogen) atoms. The van der Waals surface area contributed by atoms with Crippen molar-refractivity contribution in [2.24, 2.45) is 5.41 Å². The summed E-state index contributed by atoms with van der Waals surface area (Å²) in [4.78, 5) is 16.2. The largest absolute Gasteiger partial charge is 0.476 e. The number of nitrogens with one attached hydrogen (secondary N) is 2. The lowest BCUT2D eigenvalue weighted by molar-refractivity contribution is -0.219. The predicted molar refractivity (Wildman–Crippen MR) is 110 cm³/mol. The highest BCUT2D eigenvalue weighted by Gasteiger charge is 2.48. The summed E-state index contributed by atoms with van der Waals surface area (Å²) in [5.41, 5.74) is -2.06. The van der Waals surface area contributed by atoms with E-state index in [1.54, 1.807) is 0 Å². The number of carbonyl (C=O) groups excluding carboxylic acids is 1. The van der Waals surface area contributed by atoms with E-state index in [1.165, 1.54) is 36.0 Å². The van der Waals surface area contributed by atoms with Crippen molar-refractivity contribution < 1.29 is 31.1 Å². The molecule has 0 aliphatic rings. The van der Waals surface area contributed by atoms with Crippen molar-refractivity contribution in [3.8, 4) is 11.7 Å². The molecule has 0 bridgehead atoms. The minimum Gasteiger partial charge on any atom is -0.476 e. The highest BCUT2D eigenvalue weighted by Crippen LogP contribution is 2.37. The van der Waals surface area contributed by atoms with Gasteiger partial charge in [0.1, 0.15) is 16.7 Å². The number of hydrogen-bond acceptors (Lipinski definition) is 7. The summed E-state index contributed by atoms with van der Waals surface area (Å²) in [6.07, 6.45) is -2.02. The second-order valence-electron chi connectivity index (χ2n) is 7.57. The molecule has 3 rings (SSSR count). The van der Waals surface area contributed by atoms with Crippen LogP contribution in [0.15, 0.2) is 35.5 Å². The Kier molecular flexibility index (Phi) is 6.44. The zero-order valence-electron chi connectivity index (χ0n) is 17.4. The Labute approximate surface area is 191 Å². The van der Waals surface area contributed by atoms with Crippen molar-refractivity contribution in [1.29, 1.82) is 0 Å². The third-order valence-electron chi connectivity index (χ3n) is 4.53. The molecule has 178 valence electrons. The van der Waals surface area contributed by atoms with Gasteiger partial charge in [0.15, 0.2) is 5.82 Å². The average Bonchev–Trinajstić information content (AvgIpc) is 3.34. The van der Waals surface area contributed by atoms with Crippen LogP contribution in [-0.4, -0.2) is 52.1 Å². The van der Waals surface area contributed by atoms with Crippen molar-refractivity contribution in [2.45, 2.75) is 31.8 Å². The van der Waals surface area contributed by atoms with Crippen molar-refractivity contribution in [2.75, 3.05) is 6.61 Å². The zero-order valence-corrected chi connectivity index (χ0v) is 19.0. The number of ether oxygens (including phenoxy) is 1. The lowest BCUT2D eigenvalue weighted by atomic mass is 9.94. The maximum atomic E-state index is 13.0. The summed E-state index contributed by atoms with van der Waals surface area (Å²) in [6.45, 7) is 2.83. The van der Waals surface area contributed by atoms with Gasteiger partial charge in [0.05, 0.1) is 22.9 Å². The zero-order chi connectivity index (χ0) is 24.6. The fraction of sp³-hybridized carbons (Fsp3) is 0.333. The smallest absolute Gasteiger partial charge is 0.397 e. The molecule has 0 fully saturated rings. The Balaban J connectivity index is 1.74. The average molecular weight is 507 g/mol. The highest BCUT2D eigenvalue weighted by atomic mass is 35.5. The van der Waals surface area contributed by atoms with Gasteiger partial charge in [-0.15, -0.1) is 5.10 Å². The van der Waals surface area contributed by atoms with Gasteiger partial charge >= 0.3 is 6.18 Å². The van der Waals surface area contributed by atoms with Crippen molar-refractivity contribution in [3.05, 3.63) is 47.0 Å². The maximum absolute atomic E-state index is 13.0. The van der Waals surface area contributed by atoms with E-state index in [0.717, 1.165) is 20.0 Å².